The van der Waals surface area contributed by atoms with Gasteiger partial charge in [-0.05, 0) is 12.8 Å². The third-order valence-electron chi connectivity index (χ3n) is 2.00. The van der Waals surface area contributed by atoms with Crippen molar-refractivity contribution >= 4 is 5.97 Å². The molecule has 0 aromatic heterocycles. The van der Waals surface area contributed by atoms with Crippen LogP contribution in [0.1, 0.15) is 39.5 Å². The van der Waals surface area contributed by atoms with Crippen LogP contribution in [0.5, 0.6) is 0 Å². The number of esters is 1. The lowest BCUT2D eigenvalue weighted by molar-refractivity contribution is -0.150. The molecule has 0 saturated carbocycles. The molecule has 0 atom stereocenters. The third kappa shape index (κ3) is 11.5. The minimum atomic E-state index is -0.310. The van der Waals surface area contributed by atoms with Gasteiger partial charge in [0.1, 0.15) is 13.2 Å². The molecule has 0 amide bonds. The quantitative estimate of drug-likeness (QED) is 0.404. The Morgan fingerprint density at radius 2 is 1.50 bits per heavy atom. The molecule has 0 bridgehead atoms. The van der Waals surface area contributed by atoms with E-state index in [0.717, 1.165) is 32.3 Å². The molecule has 0 aromatic carbocycles. The first kappa shape index (κ1) is 15.4. The third-order valence-corrected chi connectivity index (χ3v) is 2.00. The van der Waals surface area contributed by atoms with Gasteiger partial charge in [-0.3, -0.25) is 0 Å². The van der Waals surface area contributed by atoms with E-state index in [1.807, 2.05) is 0 Å². The maximum absolute atomic E-state index is 11.1. The molecule has 0 aliphatic heterocycles. The van der Waals surface area contributed by atoms with Gasteiger partial charge in [0.2, 0.25) is 0 Å². The number of hydrogen-bond acceptors (Lipinski definition) is 4. The minimum Gasteiger partial charge on any atom is -0.462 e. The van der Waals surface area contributed by atoms with E-state index in [1.165, 1.54) is 0 Å². The van der Waals surface area contributed by atoms with Gasteiger partial charge in [-0.1, -0.05) is 26.7 Å². The van der Waals surface area contributed by atoms with Crippen LogP contribution in [0.4, 0.5) is 0 Å². The molecule has 4 nitrogen and oxygen atoms in total. The van der Waals surface area contributed by atoms with Crippen LogP contribution in [0.2, 0.25) is 0 Å². The van der Waals surface area contributed by atoms with Gasteiger partial charge in [0.25, 0.3) is 0 Å². The summed E-state index contributed by atoms with van der Waals surface area (Å²) in [6.45, 7) is 6.39. The molecule has 0 spiro atoms. The fourth-order valence-electron chi connectivity index (χ4n) is 1.01. The Bertz CT molecular complexity index is 159. The highest BCUT2D eigenvalue weighted by Gasteiger charge is 2.01. The van der Waals surface area contributed by atoms with Crippen LogP contribution in [0.25, 0.3) is 0 Å². The van der Waals surface area contributed by atoms with Crippen LogP contribution in [0.3, 0.4) is 0 Å². The molecule has 0 heterocycles. The lowest BCUT2D eigenvalue weighted by Crippen LogP contribution is -2.16. The Kier molecular flexibility index (Phi) is 12.0. The molecule has 4 heteroatoms. The van der Waals surface area contributed by atoms with Crippen LogP contribution in [0.15, 0.2) is 0 Å². The SMILES string of the molecule is CCCCOCCOC(=O)COCCCC. The zero-order valence-electron chi connectivity index (χ0n) is 10.5. The second-order valence-corrected chi connectivity index (χ2v) is 3.59. The van der Waals surface area contributed by atoms with E-state index in [0.29, 0.717) is 19.8 Å². The summed E-state index contributed by atoms with van der Waals surface area (Å²) in [5, 5.41) is 0. The van der Waals surface area contributed by atoms with Gasteiger partial charge >= 0.3 is 5.97 Å². The second kappa shape index (κ2) is 12.5. The average molecular weight is 232 g/mol. The first-order valence-electron chi connectivity index (χ1n) is 6.12. The van der Waals surface area contributed by atoms with Crippen molar-refractivity contribution < 1.29 is 19.0 Å². The highest BCUT2D eigenvalue weighted by molar-refractivity contribution is 5.70. The van der Waals surface area contributed by atoms with E-state index in [4.69, 9.17) is 14.2 Å². The molecule has 16 heavy (non-hydrogen) atoms. The first-order chi connectivity index (χ1) is 7.81. The summed E-state index contributed by atoms with van der Waals surface area (Å²) in [5.41, 5.74) is 0. The minimum absolute atomic E-state index is 0.0506. The number of hydrogen-bond donors (Lipinski definition) is 0. The second-order valence-electron chi connectivity index (χ2n) is 3.59. The predicted molar refractivity (Wildman–Crippen MR) is 62.4 cm³/mol. The van der Waals surface area contributed by atoms with E-state index < -0.39 is 0 Å². The molecule has 0 rings (SSSR count). The largest absolute Gasteiger partial charge is 0.462 e. The van der Waals surface area contributed by atoms with Crippen molar-refractivity contribution in [2.45, 2.75) is 39.5 Å². The Morgan fingerprint density at radius 3 is 2.12 bits per heavy atom. The molecule has 0 fully saturated rings. The fraction of sp³-hybridized carbons (Fsp3) is 0.917. The lowest BCUT2D eigenvalue weighted by Gasteiger charge is -2.06. The van der Waals surface area contributed by atoms with Crippen LogP contribution in [0, 0.1) is 0 Å². The summed E-state index contributed by atoms with van der Waals surface area (Å²) in [6, 6.07) is 0. The molecule has 0 radical (unpaired) electrons. The average Bonchev–Trinajstić information content (AvgIpc) is 2.29. The molecule has 0 aliphatic carbocycles. The number of ether oxygens (including phenoxy) is 3. The van der Waals surface area contributed by atoms with Gasteiger partial charge in [0.15, 0.2) is 0 Å². The van der Waals surface area contributed by atoms with E-state index in [2.05, 4.69) is 13.8 Å². The monoisotopic (exact) mass is 232 g/mol. The summed E-state index contributed by atoms with van der Waals surface area (Å²) in [5.74, 6) is -0.310. The Hall–Kier alpha value is -0.610. The smallest absolute Gasteiger partial charge is 0.332 e. The predicted octanol–water partition coefficient (Wildman–Crippen LogP) is 2.16. The highest BCUT2D eigenvalue weighted by atomic mass is 16.6. The summed E-state index contributed by atoms with van der Waals surface area (Å²) < 4.78 is 15.3. The standard InChI is InChI=1S/C12H24O4/c1-3-5-7-14-9-10-16-12(13)11-15-8-6-4-2/h3-11H2,1-2H3. The zero-order chi connectivity index (χ0) is 12.1. The van der Waals surface area contributed by atoms with Crippen LogP contribution in [-0.4, -0.2) is 39.0 Å². The summed E-state index contributed by atoms with van der Waals surface area (Å²) in [4.78, 5) is 11.1. The molecule has 0 N–H and O–H groups in total. The number of carbonyl (C=O) groups is 1. The van der Waals surface area contributed by atoms with E-state index in [1.54, 1.807) is 0 Å². The lowest BCUT2D eigenvalue weighted by atomic mass is 10.4. The normalized spacial score (nSPS) is 10.4. The Labute approximate surface area is 98.3 Å². The number of rotatable bonds is 11. The van der Waals surface area contributed by atoms with Crippen molar-refractivity contribution in [3.63, 3.8) is 0 Å². The molecule has 0 unspecified atom stereocenters. The van der Waals surface area contributed by atoms with Gasteiger partial charge in [0, 0.05) is 13.2 Å². The first-order valence-corrected chi connectivity index (χ1v) is 6.12. The van der Waals surface area contributed by atoms with Crippen LogP contribution < -0.4 is 0 Å². The van der Waals surface area contributed by atoms with Crippen LogP contribution >= 0.6 is 0 Å². The molecule has 0 saturated heterocycles. The Balaban J connectivity index is 3.11. The topological polar surface area (TPSA) is 44.8 Å². The van der Waals surface area contributed by atoms with Crippen molar-refractivity contribution in [2.24, 2.45) is 0 Å². The zero-order valence-corrected chi connectivity index (χ0v) is 10.5. The van der Waals surface area contributed by atoms with Gasteiger partial charge in [-0.25, -0.2) is 4.79 Å². The van der Waals surface area contributed by atoms with Gasteiger partial charge in [-0.15, -0.1) is 0 Å². The summed E-state index contributed by atoms with van der Waals surface area (Å²) >= 11 is 0. The maximum atomic E-state index is 11.1. The van der Waals surface area contributed by atoms with Crippen molar-refractivity contribution in [2.75, 3.05) is 33.0 Å². The van der Waals surface area contributed by atoms with E-state index in [-0.39, 0.29) is 12.6 Å². The molecular weight excluding hydrogens is 208 g/mol. The van der Waals surface area contributed by atoms with Crippen molar-refractivity contribution in [1.82, 2.24) is 0 Å². The van der Waals surface area contributed by atoms with Gasteiger partial charge in [0.05, 0.1) is 6.61 Å². The van der Waals surface area contributed by atoms with Gasteiger partial charge < -0.3 is 14.2 Å². The van der Waals surface area contributed by atoms with Crippen molar-refractivity contribution in [3.05, 3.63) is 0 Å². The number of unbranched alkanes of at least 4 members (excludes halogenated alkanes) is 2. The maximum Gasteiger partial charge on any atom is 0.332 e. The molecule has 96 valence electrons. The highest BCUT2D eigenvalue weighted by Crippen LogP contribution is 1.90. The molecule has 0 aliphatic rings. The van der Waals surface area contributed by atoms with E-state index >= 15 is 0 Å². The van der Waals surface area contributed by atoms with E-state index in [9.17, 15) is 4.79 Å². The molecular formula is C12H24O4. The summed E-state index contributed by atoms with van der Waals surface area (Å²) in [6.07, 6.45) is 4.22. The number of carbonyl (C=O) groups excluding carboxylic acids is 1. The van der Waals surface area contributed by atoms with Crippen molar-refractivity contribution in [3.8, 4) is 0 Å². The van der Waals surface area contributed by atoms with Crippen LogP contribution in [-0.2, 0) is 19.0 Å². The van der Waals surface area contributed by atoms with Crippen molar-refractivity contribution in [1.29, 1.82) is 0 Å². The van der Waals surface area contributed by atoms with Gasteiger partial charge in [-0.2, -0.15) is 0 Å². The fourth-order valence-corrected chi connectivity index (χ4v) is 1.01. The summed E-state index contributed by atoms with van der Waals surface area (Å²) in [7, 11) is 0. The molecule has 0 aromatic rings. The Morgan fingerprint density at radius 1 is 0.875 bits per heavy atom.